The first kappa shape index (κ1) is 35.4. The minimum absolute atomic E-state index is 0.0783. The van der Waals surface area contributed by atoms with Crippen LogP contribution in [0.3, 0.4) is 0 Å². The van der Waals surface area contributed by atoms with Gasteiger partial charge in [0.2, 0.25) is 0 Å². The molecule has 1 atom stereocenters. The zero-order chi connectivity index (χ0) is 37.5. The van der Waals surface area contributed by atoms with Crippen molar-refractivity contribution in [1.29, 1.82) is 0 Å². The van der Waals surface area contributed by atoms with Crippen LogP contribution in [0.4, 0.5) is 24.7 Å². The molecule has 1 amide bonds. The molecule has 1 aliphatic heterocycles. The number of amides is 1. The lowest BCUT2D eigenvalue weighted by atomic mass is 9.86. The van der Waals surface area contributed by atoms with E-state index in [9.17, 15) is 4.79 Å². The number of ether oxygens (including phenoxy) is 2. The van der Waals surface area contributed by atoms with Gasteiger partial charge in [-0.3, -0.25) is 9.48 Å². The molecule has 1 aliphatic rings. The summed E-state index contributed by atoms with van der Waals surface area (Å²) in [6.07, 6.45) is -1.84. The van der Waals surface area contributed by atoms with Crippen LogP contribution in [0.1, 0.15) is 39.4 Å². The van der Waals surface area contributed by atoms with Crippen molar-refractivity contribution < 1.29 is 32.0 Å². The number of anilines is 2. The Kier molecular flexibility index (Phi) is 9.26. The molecule has 274 valence electrons. The maximum Gasteiger partial charge on any atom is 0.398 e. The molecule has 0 aliphatic carbocycles. The quantitative estimate of drug-likeness (QED) is 0.143. The van der Waals surface area contributed by atoms with Crippen LogP contribution < -0.4 is 14.4 Å². The Labute approximate surface area is 303 Å². The van der Waals surface area contributed by atoms with Gasteiger partial charge in [-0.15, -0.1) is 5.10 Å². The van der Waals surface area contributed by atoms with E-state index in [0.29, 0.717) is 28.5 Å². The van der Waals surface area contributed by atoms with Crippen LogP contribution in [0.15, 0.2) is 77.6 Å². The van der Waals surface area contributed by atoms with Crippen molar-refractivity contribution >= 4 is 28.2 Å². The van der Waals surface area contributed by atoms with Gasteiger partial charge in [-0.1, -0.05) is 40.7 Å². The second-order valence-electron chi connectivity index (χ2n) is 13.3. The number of aromatic nitrogens is 6. The minimum Gasteiger partial charge on any atom is -0.488 e. The fourth-order valence-electron chi connectivity index (χ4n) is 6.68. The van der Waals surface area contributed by atoms with E-state index in [1.54, 1.807) is 38.2 Å². The Morgan fingerprint density at radius 3 is 2.55 bits per heavy atom. The second-order valence-corrected chi connectivity index (χ2v) is 13.3. The molecule has 0 bridgehead atoms. The van der Waals surface area contributed by atoms with Gasteiger partial charge in [0.1, 0.15) is 35.0 Å². The first-order chi connectivity index (χ1) is 25.4. The maximum absolute atomic E-state index is 15.1. The average Bonchev–Trinajstić information content (AvgIpc) is 3.89. The maximum atomic E-state index is 15.1. The van der Waals surface area contributed by atoms with E-state index in [1.807, 2.05) is 61.3 Å². The molecule has 7 rings (SSSR count). The molecule has 15 heteroatoms. The van der Waals surface area contributed by atoms with Crippen LogP contribution in [-0.4, -0.2) is 74.3 Å². The van der Waals surface area contributed by atoms with Crippen LogP contribution >= 0.6 is 0 Å². The predicted octanol–water partition coefficient (Wildman–Crippen LogP) is 7.25. The second kappa shape index (κ2) is 13.9. The van der Waals surface area contributed by atoms with E-state index in [2.05, 4.69) is 25.4 Å². The number of likely N-dealkylation sites (tertiary alicyclic amines) is 1. The van der Waals surface area contributed by atoms with Gasteiger partial charge in [0.15, 0.2) is 0 Å². The average molecular weight is 727 g/mol. The highest BCUT2D eigenvalue weighted by atomic mass is 19.4. The smallest absolute Gasteiger partial charge is 0.398 e. The number of hydrogen-bond donors (Lipinski definition) is 0. The standard InChI is InChI=1S/C38H37F3N8O4/c1-23-10-11-28(47(4)34-12-14-42-36(43-34)51-5)18-29(23)32-19-49(46-44-32)22-37(38(39,40)41)13-15-48(21-37)35(50)30-16-26-8-6-7-9-27(26)17-33(30)52-20-31-24(2)45-53-25(31)3/h6-12,14,16-19H,13,15,20-22H2,1-5H3. The van der Waals surface area contributed by atoms with Gasteiger partial charge in [-0.2, -0.15) is 18.2 Å². The minimum atomic E-state index is -4.64. The van der Waals surface area contributed by atoms with Gasteiger partial charge >= 0.3 is 12.2 Å². The third-order valence-electron chi connectivity index (χ3n) is 9.91. The van der Waals surface area contributed by atoms with Gasteiger partial charge in [0.05, 0.1) is 36.7 Å². The molecule has 1 saturated heterocycles. The molecule has 1 fully saturated rings. The normalized spacial score (nSPS) is 16.0. The fraction of sp³-hybridized carbons (Fsp3) is 0.316. The third kappa shape index (κ3) is 6.86. The van der Waals surface area contributed by atoms with Gasteiger partial charge in [-0.05, 0) is 73.9 Å². The molecule has 3 aromatic carbocycles. The highest BCUT2D eigenvalue weighted by Crippen LogP contribution is 2.47. The van der Waals surface area contributed by atoms with E-state index in [0.717, 1.165) is 27.6 Å². The summed E-state index contributed by atoms with van der Waals surface area (Å²) in [5.74, 6) is 0.889. The summed E-state index contributed by atoms with van der Waals surface area (Å²) in [6, 6.07) is 18.5. The van der Waals surface area contributed by atoms with Crippen LogP contribution in [0.2, 0.25) is 0 Å². The van der Waals surface area contributed by atoms with Crippen molar-refractivity contribution in [3.8, 4) is 23.0 Å². The lowest BCUT2D eigenvalue weighted by Gasteiger charge is -2.31. The molecule has 53 heavy (non-hydrogen) atoms. The van der Waals surface area contributed by atoms with Crippen molar-refractivity contribution in [3.05, 3.63) is 101 Å². The molecule has 0 spiro atoms. The van der Waals surface area contributed by atoms with E-state index >= 15 is 13.2 Å². The molecule has 12 nitrogen and oxygen atoms in total. The monoisotopic (exact) mass is 726 g/mol. The number of alkyl halides is 3. The summed E-state index contributed by atoms with van der Waals surface area (Å²) < 4.78 is 63.0. The number of benzene rings is 3. The highest BCUT2D eigenvalue weighted by molar-refractivity contribution is 6.01. The largest absolute Gasteiger partial charge is 0.488 e. The van der Waals surface area contributed by atoms with Crippen molar-refractivity contribution in [2.75, 3.05) is 32.1 Å². The number of nitrogens with zero attached hydrogens (tertiary/aromatic N) is 8. The summed E-state index contributed by atoms with van der Waals surface area (Å²) in [5, 5.41) is 14.0. The van der Waals surface area contributed by atoms with E-state index < -0.39 is 30.6 Å². The van der Waals surface area contributed by atoms with Crippen molar-refractivity contribution in [2.45, 2.75) is 46.5 Å². The van der Waals surface area contributed by atoms with Gasteiger partial charge < -0.3 is 23.8 Å². The number of carbonyl (C=O) groups excluding carboxylic acids is 1. The zero-order valence-electron chi connectivity index (χ0n) is 29.8. The van der Waals surface area contributed by atoms with E-state index in [1.165, 1.54) is 22.9 Å². The summed E-state index contributed by atoms with van der Waals surface area (Å²) in [6.45, 7) is 4.36. The topological polar surface area (TPSA) is 125 Å². The van der Waals surface area contributed by atoms with E-state index in [-0.39, 0.29) is 36.9 Å². The van der Waals surface area contributed by atoms with Crippen molar-refractivity contribution in [3.63, 3.8) is 0 Å². The Hall–Kier alpha value is -5.99. The van der Waals surface area contributed by atoms with Gasteiger partial charge in [0, 0.05) is 37.6 Å². The molecule has 1 unspecified atom stereocenters. The highest BCUT2D eigenvalue weighted by Gasteiger charge is 2.59. The Balaban J connectivity index is 1.14. The summed E-state index contributed by atoms with van der Waals surface area (Å²) in [5.41, 5.74) is 2.05. The lowest BCUT2D eigenvalue weighted by Crippen LogP contribution is -2.45. The number of rotatable bonds is 10. The first-order valence-electron chi connectivity index (χ1n) is 16.9. The first-order valence-corrected chi connectivity index (χ1v) is 16.9. The van der Waals surface area contributed by atoms with Crippen molar-refractivity contribution in [2.24, 2.45) is 5.41 Å². The number of aryl methyl sites for hydroxylation is 3. The SMILES string of the molecule is COc1nccc(N(C)c2ccc(C)c(-c3cn(CC4(C(F)(F)F)CCN(C(=O)c5cc6ccccc6cc5OCc5c(C)noc5C)C4)nn3)c2)n1. The van der Waals surface area contributed by atoms with Crippen LogP contribution in [0.25, 0.3) is 22.0 Å². The Morgan fingerprint density at radius 1 is 1.06 bits per heavy atom. The van der Waals surface area contributed by atoms with Gasteiger partial charge in [-0.25, -0.2) is 4.98 Å². The number of methoxy groups -OCH3 is 1. The molecular weight excluding hydrogens is 689 g/mol. The molecule has 4 heterocycles. The summed E-state index contributed by atoms with van der Waals surface area (Å²) in [7, 11) is 3.32. The predicted molar refractivity (Wildman–Crippen MR) is 190 cm³/mol. The summed E-state index contributed by atoms with van der Waals surface area (Å²) >= 11 is 0. The molecule has 3 aromatic heterocycles. The van der Waals surface area contributed by atoms with E-state index in [4.69, 9.17) is 14.0 Å². The zero-order valence-corrected chi connectivity index (χ0v) is 29.8. The molecule has 6 aromatic rings. The van der Waals surface area contributed by atoms with Crippen LogP contribution in [0, 0.1) is 26.2 Å². The Morgan fingerprint density at radius 2 is 1.83 bits per heavy atom. The molecule has 0 N–H and O–H groups in total. The third-order valence-corrected chi connectivity index (χ3v) is 9.91. The number of hydrogen-bond acceptors (Lipinski definition) is 10. The van der Waals surface area contributed by atoms with Crippen LogP contribution in [0.5, 0.6) is 11.8 Å². The molecular formula is C38H37F3N8O4. The molecule has 0 radical (unpaired) electrons. The number of halogens is 3. The van der Waals surface area contributed by atoms with Crippen LogP contribution in [-0.2, 0) is 13.2 Å². The fourth-order valence-corrected chi connectivity index (χ4v) is 6.68. The number of carbonyl (C=O) groups is 1. The lowest BCUT2D eigenvalue weighted by molar-refractivity contribution is -0.224. The number of fused-ring (bicyclic) bond motifs is 1. The summed E-state index contributed by atoms with van der Waals surface area (Å²) in [4.78, 5) is 25.6. The Bertz CT molecular complexity index is 2290. The van der Waals surface area contributed by atoms with Crippen molar-refractivity contribution in [1.82, 2.24) is 35.0 Å². The molecule has 0 saturated carbocycles. The van der Waals surface area contributed by atoms with Gasteiger partial charge in [0.25, 0.3) is 5.91 Å².